The van der Waals surface area contributed by atoms with Gasteiger partial charge in [0.1, 0.15) is 0 Å². The van der Waals surface area contributed by atoms with Crippen LogP contribution in [0.15, 0.2) is 96.0 Å². The maximum atomic E-state index is 12.9. The zero-order valence-corrected chi connectivity index (χ0v) is 20.6. The second-order valence-electron chi connectivity index (χ2n) is 7.71. The number of rotatable bonds is 7. The topological polar surface area (TPSA) is 96.4 Å². The summed E-state index contributed by atoms with van der Waals surface area (Å²) in [5.74, 6) is -1.03. The van der Waals surface area contributed by atoms with Crippen molar-refractivity contribution in [3.8, 4) is 11.3 Å². The first-order chi connectivity index (χ1) is 16.7. The van der Waals surface area contributed by atoms with Crippen LogP contribution in [0.5, 0.6) is 0 Å². The Hall–Kier alpha value is -3.23. The second-order valence-corrected chi connectivity index (χ2v) is 10.6. The molecule has 178 valence electrons. The molecule has 1 aromatic heterocycles. The maximum Gasteiger partial charge on any atom is 0.257 e. The van der Waals surface area contributed by atoms with E-state index in [1.165, 1.54) is 18.2 Å². The van der Waals surface area contributed by atoms with E-state index in [2.05, 4.69) is 10.3 Å². The molecule has 0 spiro atoms. The smallest absolute Gasteiger partial charge is 0.257 e. The van der Waals surface area contributed by atoms with Crippen LogP contribution in [0, 0.1) is 0 Å². The molecule has 0 unspecified atom stereocenters. The predicted molar refractivity (Wildman–Crippen MR) is 138 cm³/mol. The van der Waals surface area contributed by atoms with Crippen LogP contribution in [0.2, 0.25) is 10.0 Å². The number of sulfone groups is 1. The van der Waals surface area contributed by atoms with E-state index >= 15 is 0 Å². The average molecular weight is 527 g/mol. The highest BCUT2D eigenvalue weighted by Crippen LogP contribution is 2.30. The van der Waals surface area contributed by atoms with Gasteiger partial charge in [-0.05, 0) is 54.1 Å². The molecule has 1 atom stereocenters. The zero-order chi connectivity index (χ0) is 25.0. The molecule has 0 fully saturated rings. The fraction of sp³-hybridized carbons (Fsp3) is 0.0769. The molecule has 0 saturated carbocycles. The number of hydrogen-bond acceptors (Lipinski definition) is 5. The van der Waals surface area contributed by atoms with Crippen molar-refractivity contribution in [1.29, 1.82) is 0 Å². The Labute approximate surface area is 213 Å². The Morgan fingerprint density at radius 3 is 2.34 bits per heavy atom. The van der Waals surface area contributed by atoms with Crippen LogP contribution in [0.4, 0.5) is 5.69 Å². The fourth-order valence-corrected chi connectivity index (χ4v) is 5.39. The van der Waals surface area contributed by atoms with E-state index < -0.39 is 27.6 Å². The largest absolute Gasteiger partial charge is 0.387 e. The minimum absolute atomic E-state index is 0.0308. The van der Waals surface area contributed by atoms with Gasteiger partial charge in [-0.2, -0.15) is 0 Å². The standard InChI is InChI=1S/C26H20Cl2N2O4S/c27-22-12-9-18(14-21(22)24-8-4-5-13-29-24)30-26(32)20-11-10-19(15-23(20)28)35(33,34)16-25(31)17-6-2-1-3-7-17/h1-15,25,31H,16H2,(H,30,32)/t25-/m1/s1. The first-order valence-electron chi connectivity index (χ1n) is 10.5. The molecule has 4 aromatic rings. The lowest BCUT2D eigenvalue weighted by Gasteiger charge is -2.13. The Kier molecular flexibility index (Phi) is 7.52. The second kappa shape index (κ2) is 10.6. The van der Waals surface area contributed by atoms with Crippen molar-refractivity contribution in [2.24, 2.45) is 0 Å². The quantitative estimate of drug-likeness (QED) is 0.316. The number of carbonyl (C=O) groups is 1. The molecule has 3 aromatic carbocycles. The number of nitrogens with zero attached hydrogens (tertiary/aromatic N) is 1. The number of carbonyl (C=O) groups excluding carboxylic acids is 1. The van der Waals surface area contributed by atoms with Crippen molar-refractivity contribution < 1.29 is 18.3 Å². The molecule has 1 heterocycles. The normalized spacial score (nSPS) is 12.2. The molecule has 6 nitrogen and oxygen atoms in total. The maximum absolute atomic E-state index is 12.9. The Morgan fingerprint density at radius 1 is 0.914 bits per heavy atom. The molecule has 0 aliphatic rings. The number of hydrogen-bond donors (Lipinski definition) is 2. The summed E-state index contributed by atoms with van der Waals surface area (Å²) in [6, 6.07) is 22.8. The van der Waals surface area contributed by atoms with Crippen LogP contribution in [0.1, 0.15) is 22.0 Å². The molecule has 0 radical (unpaired) electrons. The Morgan fingerprint density at radius 2 is 1.66 bits per heavy atom. The number of amides is 1. The summed E-state index contributed by atoms with van der Waals surface area (Å²) >= 11 is 12.6. The fourth-order valence-electron chi connectivity index (χ4n) is 3.47. The lowest BCUT2D eigenvalue weighted by molar-refractivity contribution is 0.102. The number of anilines is 1. The molecule has 1 amide bonds. The van der Waals surface area contributed by atoms with Gasteiger partial charge in [0.05, 0.1) is 38.1 Å². The zero-order valence-electron chi connectivity index (χ0n) is 18.2. The van der Waals surface area contributed by atoms with Gasteiger partial charge >= 0.3 is 0 Å². The van der Waals surface area contributed by atoms with Crippen LogP contribution in [-0.4, -0.2) is 30.2 Å². The van der Waals surface area contributed by atoms with Crippen molar-refractivity contribution >= 4 is 44.6 Å². The molecular weight excluding hydrogens is 507 g/mol. The van der Waals surface area contributed by atoms with Gasteiger partial charge in [0.15, 0.2) is 9.84 Å². The first-order valence-corrected chi connectivity index (χ1v) is 12.9. The number of nitrogens with one attached hydrogen (secondary N) is 1. The summed E-state index contributed by atoms with van der Waals surface area (Å²) in [6.07, 6.45) is 0.451. The highest BCUT2D eigenvalue weighted by atomic mass is 35.5. The summed E-state index contributed by atoms with van der Waals surface area (Å²) in [6.45, 7) is 0. The van der Waals surface area contributed by atoms with Gasteiger partial charge in [-0.1, -0.05) is 59.6 Å². The first kappa shape index (κ1) is 24.9. The highest BCUT2D eigenvalue weighted by molar-refractivity contribution is 7.91. The number of aliphatic hydroxyl groups excluding tert-OH is 1. The lowest BCUT2D eigenvalue weighted by Crippen LogP contribution is -2.16. The van der Waals surface area contributed by atoms with Crippen molar-refractivity contribution in [2.75, 3.05) is 11.1 Å². The third-order valence-electron chi connectivity index (χ3n) is 5.27. The highest BCUT2D eigenvalue weighted by Gasteiger charge is 2.23. The number of pyridine rings is 1. The summed E-state index contributed by atoms with van der Waals surface area (Å²) in [4.78, 5) is 17.1. The van der Waals surface area contributed by atoms with Crippen LogP contribution in [0.3, 0.4) is 0 Å². The van der Waals surface area contributed by atoms with Gasteiger partial charge in [0.25, 0.3) is 5.91 Å². The van der Waals surface area contributed by atoms with Gasteiger partial charge in [0, 0.05) is 17.4 Å². The summed E-state index contributed by atoms with van der Waals surface area (Å²) < 4.78 is 25.6. The van der Waals surface area contributed by atoms with Crippen LogP contribution < -0.4 is 5.32 Å². The van der Waals surface area contributed by atoms with Gasteiger partial charge in [-0.15, -0.1) is 0 Å². The monoisotopic (exact) mass is 526 g/mol. The molecule has 35 heavy (non-hydrogen) atoms. The van der Waals surface area contributed by atoms with Crippen LogP contribution >= 0.6 is 23.2 Å². The number of aromatic nitrogens is 1. The Balaban J connectivity index is 1.52. The molecule has 4 rings (SSSR count). The van der Waals surface area contributed by atoms with Gasteiger partial charge in [-0.3, -0.25) is 9.78 Å². The molecule has 2 N–H and O–H groups in total. The summed E-state index contributed by atoms with van der Waals surface area (Å²) in [7, 11) is -3.86. The Bertz CT molecular complexity index is 1460. The number of aliphatic hydroxyl groups is 1. The predicted octanol–water partition coefficient (Wildman–Crippen LogP) is 5.82. The van der Waals surface area contributed by atoms with E-state index in [1.807, 2.05) is 6.07 Å². The molecule has 0 saturated heterocycles. The molecule has 0 bridgehead atoms. The SMILES string of the molecule is O=C(Nc1ccc(Cl)c(-c2ccccn2)c1)c1ccc(S(=O)(=O)C[C@@H](O)c2ccccc2)cc1Cl. The van der Waals surface area contributed by atoms with Crippen molar-refractivity contribution in [3.05, 3.63) is 112 Å². The average Bonchev–Trinajstić information content (AvgIpc) is 2.86. The van der Waals surface area contributed by atoms with Crippen molar-refractivity contribution in [3.63, 3.8) is 0 Å². The third kappa shape index (κ3) is 5.89. The van der Waals surface area contributed by atoms with Crippen molar-refractivity contribution in [1.82, 2.24) is 4.98 Å². The van der Waals surface area contributed by atoms with E-state index in [9.17, 15) is 18.3 Å². The van der Waals surface area contributed by atoms with E-state index in [0.717, 1.165) is 0 Å². The van der Waals surface area contributed by atoms with E-state index in [1.54, 1.807) is 66.9 Å². The number of benzene rings is 3. The third-order valence-corrected chi connectivity index (χ3v) is 7.64. The lowest BCUT2D eigenvalue weighted by atomic mass is 10.1. The molecular formula is C26H20Cl2N2O4S. The van der Waals surface area contributed by atoms with Gasteiger partial charge in [0.2, 0.25) is 0 Å². The van der Waals surface area contributed by atoms with E-state index in [4.69, 9.17) is 23.2 Å². The minimum Gasteiger partial charge on any atom is -0.387 e. The van der Waals surface area contributed by atoms with Gasteiger partial charge < -0.3 is 10.4 Å². The minimum atomic E-state index is -3.86. The van der Waals surface area contributed by atoms with Crippen LogP contribution in [0.25, 0.3) is 11.3 Å². The summed E-state index contributed by atoms with van der Waals surface area (Å²) in [5, 5.41) is 13.5. The molecule has 0 aliphatic heterocycles. The summed E-state index contributed by atoms with van der Waals surface area (Å²) in [5.41, 5.74) is 2.36. The molecule has 9 heteroatoms. The van der Waals surface area contributed by atoms with Crippen LogP contribution in [-0.2, 0) is 9.84 Å². The molecule has 0 aliphatic carbocycles. The van der Waals surface area contributed by atoms with Gasteiger partial charge in [-0.25, -0.2) is 8.42 Å². The van der Waals surface area contributed by atoms with E-state index in [0.29, 0.717) is 27.5 Å². The number of halogens is 2. The van der Waals surface area contributed by atoms with E-state index in [-0.39, 0.29) is 15.5 Å². The van der Waals surface area contributed by atoms with Crippen molar-refractivity contribution in [2.45, 2.75) is 11.0 Å².